The molecular formula is C13H18N2O3S2. The lowest BCUT2D eigenvalue weighted by Gasteiger charge is -2.21. The maximum absolute atomic E-state index is 12.1. The number of hydrogen-bond acceptors (Lipinski definition) is 5. The predicted molar refractivity (Wildman–Crippen MR) is 81.2 cm³/mol. The summed E-state index contributed by atoms with van der Waals surface area (Å²) in [5.74, 6) is -0.265. The van der Waals surface area contributed by atoms with Crippen molar-refractivity contribution in [2.24, 2.45) is 0 Å². The molecule has 2 aliphatic rings. The van der Waals surface area contributed by atoms with Crippen LogP contribution in [0.4, 0.5) is 0 Å². The summed E-state index contributed by atoms with van der Waals surface area (Å²) in [5, 5.41) is 0. The molecule has 0 unspecified atom stereocenters. The Morgan fingerprint density at radius 1 is 1.05 bits per heavy atom. The summed E-state index contributed by atoms with van der Waals surface area (Å²) < 4.78 is 0.209. The normalized spacial score (nSPS) is 20.2. The van der Waals surface area contributed by atoms with E-state index in [1.165, 1.54) is 12.8 Å². The van der Waals surface area contributed by atoms with Gasteiger partial charge in [0.05, 0.1) is 5.75 Å². The van der Waals surface area contributed by atoms with Crippen LogP contribution in [-0.4, -0.2) is 50.7 Å². The SMILES string of the molecule is O=C(CSC(=S)N1C(=O)CCC1=O)N1CCCCCC1. The number of nitrogens with zero attached hydrogens (tertiary/aromatic N) is 2. The molecular weight excluding hydrogens is 296 g/mol. The van der Waals surface area contributed by atoms with E-state index in [2.05, 4.69) is 0 Å². The third-order valence-corrected chi connectivity index (χ3v) is 4.87. The second-order valence-electron chi connectivity index (χ2n) is 4.97. The molecule has 5 nitrogen and oxygen atoms in total. The van der Waals surface area contributed by atoms with Crippen LogP contribution in [0.1, 0.15) is 38.5 Å². The molecule has 7 heteroatoms. The van der Waals surface area contributed by atoms with E-state index < -0.39 is 0 Å². The van der Waals surface area contributed by atoms with Gasteiger partial charge in [0.25, 0.3) is 0 Å². The van der Waals surface area contributed by atoms with Gasteiger partial charge in [-0.25, -0.2) is 4.90 Å². The van der Waals surface area contributed by atoms with Gasteiger partial charge in [0.2, 0.25) is 17.7 Å². The van der Waals surface area contributed by atoms with Gasteiger partial charge in [0.15, 0.2) is 0 Å². The molecule has 2 heterocycles. The molecule has 0 aliphatic carbocycles. The zero-order chi connectivity index (χ0) is 14.5. The zero-order valence-electron chi connectivity index (χ0n) is 11.3. The Labute approximate surface area is 128 Å². The van der Waals surface area contributed by atoms with E-state index in [4.69, 9.17) is 12.2 Å². The van der Waals surface area contributed by atoms with Gasteiger partial charge >= 0.3 is 0 Å². The number of carbonyl (C=O) groups excluding carboxylic acids is 3. The van der Waals surface area contributed by atoms with Crippen LogP contribution in [0.5, 0.6) is 0 Å². The molecule has 110 valence electrons. The number of likely N-dealkylation sites (tertiary alicyclic amines) is 2. The van der Waals surface area contributed by atoms with E-state index in [-0.39, 0.29) is 40.6 Å². The van der Waals surface area contributed by atoms with Crippen molar-refractivity contribution in [3.63, 3.8) is 0 Å². The van der Waals surface area contributed by atoms with Crippen molar-refractivity contribution in [3.05, 3.63) is 0 Å². The zero-order valence-corrected chi connectivity index (χ0v) is 12.9. The average Bonchev–Trinajstić information content (AvgIpc) is 2.66. The number of amides is 3. The lowest BCUT2D eigenvalue weighted by atomic mass is 10.2. The van der Waals surface area contributed by atoms with Gasteiger partial charge in [-0.3, -0.25) is 14.4 Å². The van der Waals surface area contributed by atoms with Gasteiger partial charge in [-0.1, -0.05) is 36.8 Å². The fourth-order valence-electron chi connectivity index (χ4n) is 2.38. The first-order chi connectivity index (χ1) is 9.59. The summed E-state index contributed by atoms with van der Waals surface area (Å²) in [6.45, 7) is 1.60. The highest BCUT2D eigenvalue weighted by atomic mass is 32.2. The smallest absolute Gasteiger partial charge is 0.235 e. The van der Waals surface area contributed by atoms with Crippen LogP contribution >= 0.6 is 24.0 Å². The average molecular weight is 314 g/mol. The molecule has 0 bridgehead atoms. The van der Waals surface area contributed by atoms with E-state index in [1.54, 1.807) is 0 Å². The third kappa shape index (κ3) is 3.79. The minimum absolute atomic E-state index is 0.0401. The first-order valence-electron chi connectivity index (χ1n) is 6.90. The minimum Gasteiger partial charge on any atom is -0.342 e. The van der Waals surface area contributed by atoms with E-state index in [0.29, 0.717) is 0 Å². The number of carbonyl (C=O) groups is 3. The van der Waals surface area contributed by atoms with Gasteiger partial charge in [0.1, 0.15) is 4.32 Å². The van der Waals surface area contributed by atoms with Crippen LogP contribution in [0.25, 0.3) is 0 Å². The summed E-state index contributed by atoms with van der Waals surface area (Å²) in [5.41, 5.74) is 0. The molecule has 2 fully saturated rings. The van der Waals surface area contributed by atoms with Crippen molar-refractivity contribution >= 4 is 46.0 Å². The van der Waals surface area contributed by atoms with Gasteiger partial charge in [-0.15, -0.1) is 0 Å². The summed E-state index contributed by atoms with van der Waals surface area (Å²) in [4.78, 5) is 38.0. The maximum Gasteiger partial charge on any atom is 0.235 e. The summed E-state index contributed by atoms with van der Waals surface area (Å²) in [6.07, 6.45) is 4.88. The predicted octanol–water partition coefficient (Wildman–Crippen LogP) is 1.56. The van der Waals surface area contributed by atoms with Crippen molar-refractivity contribution in [2.45, 2.75) is 38.5 Å². The molecule has 0 aromatic heterocycles. The van der Waals surface area contributed by atoms with Crippen molar-refractivity contribution < 1.29 is 14.4 Å². The van der Waals surface area contributed by atoms with Crippen LogP contribution in [0.3, 0.4) is 0 Å². The quantitative estimate of drug-likeness (QED) is 0.572. The maximum atomic E-state index is 12.1. The minimum atomic E-state index is -0.255. The number of imide groups is 1. The van der Waals surface area contributed by atoms with E-state index in [1.807, 2.05) is 4.90 Å². The summed E-state index contributed by atoms with van der Waals surface area (Å²) >= 11 is 6.21. The number of hydrogen-bond donors (Lipinski definition) is 0. The van der Waals surface area contributed by atoms with E-state index in [0.717, 1.165) is 42.6 Å². The van der Waals surface area contributed by atoms with Gasteiger partial charge in [-0.05, 0) is 12.8 Å². The second-order valence-corrected chi connectivity index (χ2v) is 6.58. The molecule has 0 aromatic carbocycles. The summed E-state index contributed by atoms with van der Waals surface area (Å²) in [6, 6.07) is 0. The molecule has 2 saturated heterocycles. The topological polar surface area (TPSA) is 57.7 Å². The molecule has 3 amide bonds. The Kier molecular flexibility index (Phi) is 5.54. The summed E-state index contributed by atoms with van der Waals surface area (Å²) in [7, 11) is 0. The monoisotopic (exact) mass is 314 g/mol. The van der Waals surface area contributed by atoms with Gasteiger partial charge < -0.3 is 4.90 Å². The van der Waals surface area contributed by atoms with Gasteiger partial charge in [0, 0.05) is 25.9 Å². The molecule has 0 spiro atoms. The molecule has 2 aliphatic heterocycles. The number of rotatable bonds is 2. The molecule has 0 atom stereocenters. The fourth-order valence-corrected chi connectivity index (χ4v) is 3.52. The van der Waals surface area contributed by atoms with E-state index in [9.17, 15) is 14.4 Å². The highest BCUT2D eigenvalue weighted by molar-refractivity contribution is 8.23. The Morgan fingerprint density at radius 2 is 1.60 bits per heavy atom. The largest absolute Gasteiger partial charge is 0.342 e. The highest BCUT2D eigenvalue weighted by Gasteiger charge is 2.32. The van der Waals surface area contributed by atoms with Crippen molar-refractivity contribution in [1.82, 2.24) is 9.80 Å². The number of thioether (sulfide) groups is 1. The Balaban J connectivity index is 1.82. The fraction of sp³-hybridized carbons (Fsp3) is 0.692. The standard InChI is InChI=1S/C13H18N2O3S2/c16-10-5-6-11(17)15(10)13(19)20-9-12(18)14-7-3-1-2-4-8-14/h1-9H2. The molecule has 0 N–H and O–H groups in total. The van der Waals surface area contributed by atoms with Crippen molar-refractivity contribution in [1.29, 1.82) is 0 Å². The first kappa shape index (κ1) is 15.4. The Hall–Kier alpha value is -0.950. The van der Waals surface area contributed by atoms with Crippen molar-refractivity contribution in [3.8, 4) is 0 Å². The molecule has 0 saturated carbocycles. The molecule has 0 aromatic rings. The molecule has 20 heavy (non-hydrogen) atoms. The van der Waals surface area contributed by atoms with Gasteiger partial charge in [-0.2, -0.15) is 0 Å². The first-order valence-corrected chi connectivity index (χ1v) is 8.29. The lowest BCUT2D eigenvalue weighted by Crippen LogP contribution is -2.36. The Bertz CT molecular complexity index is 415. The number of thiocarbonyl (C=S) groups is 1. The van der Waals surface area contributed by atoms with Crippen LogP contribution < -0.4 is 0 Å². The van der Waals surface area contributed by atoms with Crippen LogP contribution in [0.15, 0.2) is 0 Å². The van der Waals surface area contributed by atoms with Crippen LogP contribution in [0, 0.1) is 0 Å². The van der Waals surface area contributed by atoms with Crippen LogP contribution in [0.2, 0.25) is 0 Å². The Morgan fingerprint density at radius 3 is 2.15 bits per heavy atom. The van der Waals surface area contributed by atoms with E-state index >= 15 is 0 Å². The van der Waals surface area contributed by atoms with Crippen LogP contribution in [-0.2, 0) is 14.4 Å². The van der Waals surface area contributed by atoms with Crippen molar-refractivity contribution in [2.75, 3.05) is 18.8 Å². The highest BCUT2D eigenvalue weighted by Crippen LogP contribution is 2.20. The third-order valence-electron chi connectivity index (χ3n) is 3.51. The molecule has 2 rings (SSSR count). The second kappa shape index (κ2) is 7.17. The molecule has 0 radical (unpaired) electrons. The lowest BCUT2D eigenvalue weighted by molar-refractivity contribution is -0.133.